The van der Waals surface area contributed by atoms with Crippen LogP contribution in [-0.2, 0) is 10.0 Å². The first-order valence-electron chi connectivity index (χ1n) is 5.39. The van der Waals surface area contributed by atoms with E-state index in [0.29, 0.717) is 12.1 Å². The molecule has 1 aromatic carbocycles. The summed E-state index contributed by atoms with van der Waals surface area (Å²) in [5.74, 6) is -2.81. The lowest BCUT2D eigenvalue weighted by Crippen LogP contribution is -2.16. The normalized spacial score (nSPS) is 11.4. The summed E-state index contributed by atoms with van der Waals surface area (Å²) in [5.41, 5.74) is -1.99. The lowest BCUT2D eigenvalue weighted by molar-refractivity contribution is -0.384. The van der Waals surface area contributed by atoms with E-state index in [0.717, 1.165) is 6.20 Å². The van der Waals surface area contributed by atoms with Crippen molar-refractivity contribution in [1.29, 1.82) is 0 Å². The summed E-state index contributed by atoms with van der Waals surface area (Å²) >= 11 is 0. The fourth-order valence-electron chi connectivity index (χ4n) is 1.51. The highest BCUT2D eigenvalue weighted by Gasteiger charge is 2.27. The largest absolute Gasteiger partial charge is 0.332 e. The smallest absolute Gasteiger partial charge is 0.296 e. The van der Waals surface area contributed by atoms with Crippen LogP contribution < -0.4 is 4.72 Å². The third-order valence-electron chi connectivity index (χ3n) is 2.48. The zero-order valence-corrected chi connectivity index (χ0v) is 11.2. The molecule has 1 heterocycles. The van der Waals surface area contributed by atoms with E-state index in [1.807, 2.05) is 0 Å². The Morgan fingerprint density at radius 3 is 2.57 bits per heavy atom. The van der Waals surface area contributed by atoms with Gasteiger partial charge in [0.05, 0.1) is 11.1 Å². The zero-order chi connectivity index (χ0) is 15.8. The Morgan fingerprint density at radius 1 is 1.38 bits per heavy atom. The predicted octanol–water partition coefficient (Wildman–Crippen LogP) is 1.71. The minimum atomic E-state index is -4.37. The molecule has 0 fully saturated rings. The Balaban J connectivity index is 2.53. The van der Waals surface area contributed by atoms with Crippen LogP contribution in [0.1, 0.15) is 5.82 Å². The third kappa shape index (κ3) is 2.81. The highest BCUT2D eigenvalue weighted by molar-refractivity contribution is 7.92. The van der Waals surface area contributed by atoms with E-state index in [2.05, 4.69) is 9.97 Å². The Labute approximate surface area is 117 Å². The number of nitrogens with one attached hydrogen (secondary N) is 2. The first-order chi connectivity index (χ1) is 9.72. The van der Waals surface area contributed by atoms with Crippen LogP contribution in [0.4, 0.5) is 20.2 Å². The maximum Gasteiger partial charge on any atom is 0.296 e. The fourth-order valence-corrected chi connectivity index (χ4v) is 2.56. The Kier molecular flexibility index (Phi) is 3.60. The van der Waals surface area contributed by atoms with Crippen LogP contribution >= 0.6 is 0 Å². The molecule has 11 heteroatoms. The second kappa shape index (κ2) is 5.09. The average molecular weight is 318 g/mol. The van der Waals surface area contributed by atoms with Crippen molar-refractivity contribution in [2.45, 2.75) is 11.9 Å². The van der Waals surface area contributed by atoms with E-state index in [4.69, 9.17) is 0 Å². The molecule has 2 aromatic rings. The number of rotatable bonds is 4. The second-order valence-electron chi connectivity index (χ2n) is 3.95. The van der Waals surface area contributed by atoms with Gasteiger partial charge in [0.25, 0.3) is 15.7 Å². The van der Waals surface area contributed by atoms with Crippen LogP contribution in [0.15, 0.2) is 23.4 Å². The molecule has 21 heavy (non-hydrogen) atoms. The molecule has 0 bridgehead atoms. The number of aromatic nitrogens is 2. The molecular formula is C10H8F2N4O4S. The number of H-pyrrole nitrogens is 1. The van der Waals surface area contributed by atoms with Crippen LogP contribution in [0.3, 0.4) is 0 Å². The van der Waals surface area contributed by atoms with Crippen molar-refractivity contribution in [3.05, 3.63) is 45.9 Å². The summed E-state index contributed by atoms with van der Waals surface area (Å²) in [7, 11) is -4.37. The van der Waals surface area contributed by atoms with Crippen molar-refractivity contribution in [2.24, 2.45) is 0 Å². The number of nitrogens with zero attached hydrogens (tertiary/aromatic N) is 2. The molecule has 112 valence electrons. The van der Waals surface area contributed by atoms with Gasteiger partial charge in [0, 0.05) is 6.07 Å². The number of benzene rings is 1. The predicted molar refractivity (Wildman–Crippen MR) is 67.1 cm³/mol. The number of aromatic amines is 1. The Morgan fingerprint density at radius 2 is 2.05 bits per heavy atom. The summed E-state index contributed by atoms with van der Waals surface area (Å²) in [6.07, 6.45) is 0.945. The number of imidazole rings is 1. The molecule has 1 aromatic heterocycles. The van der Waals surface area contributed by atoms with Gasteiger partial charge in [-0.05, 0) is 13.0 Å². The van der Waals surface area contributed by atoms with Crippen LogP contribution in [0.25, 0.3) is 0 Å². The number of anilines is 1. The monoisotopic (exact) mass is 318 g/mol. The number of nitro benzene ring substituents is 1. The summed E-state index contributed by atoms with van der Waals surface area (Å²) in [6.45, 7) is 1.48. The van der Waals surface area contributed by atoms with E-state index >= 15 is 0 Å². The number of halogens is 2. The van der Waals surface area contributed by atoms with Crippen molar-refractivity contribution in [3.8, 4) is 0 Å². The maximum absolute atomic E-state index is 13.6. The van der Waals surface area contributed by atoms with Crippen LogP contribution in [0.2, 0.25) is 0 Å². The van der Waals surface area contributed by atoms with Crippen LogP contribution in [0.5, 0.6) is 0 Å². The number of aryl methyl sites for hydroxylation is 1. The van der Waals surface area contributed by atoms with E-state index in [1.54, 1.807) is 4.72 Å². The first-order valence-corrected chi connectivity index (χ1v) is 6.87. The summed E-state index contributed by atoms with van der Waals surface area (Å²) < 4.78 is 52.4. The molecule has 0 saturated carbocycles. The molecule has 8 nitrogen and oxygen atoms in total. The lowest BCUT2D eigenvalue weighted by atomic mass is 10.2. The molecule has 2 N–H and O–H groups in total. The zero-order valence-electron chi connectivity index (χ0n) is 10.4. The Bertz CT molecular complexity index is 818. The van der Waals surface area contributed by atoms with Crippen molar-refractivity contribution in [2.75, 3.05) is 4.72 Å². The van der Waals surface area contributed by atoms with E-state index in [-0.39, 0.29) is 5.82 Å². The second-order valence-corrected chi connectivity index (χ2v) is 5.60. The molecule has 0 amide bonds. The van der Waals surface area contributed by atoms with Gasteiger partial charge in [-0.2, -0.15) is 8.42 Å². The van der Waals surface area contributed by atoms with E-state index in [1.165, 1.54) is 6.92 Å². The molecule has 0 atom stereocenters. The van der Waals surface area contributed by atoms with Crippen molar-refractivity contribution >= 4 is 21.4 Å². The topological polar surface area (TPSA) is 118 Å². The molecule has 0 aliphatic heterocycles. The molecule has 2 rings (SSSR count). The van der Waals surface area contributed by atoms with Crippen molar-refractivity contribution in [3.63, 3.8) is 0 Å². The summed E-state index contributed by atoms with van der Waals surface area (Å²) in [6, 6.07) is 1.19. The van der Waals surface area contributed by atoms with Crippen LogP contribution in [-0.4, -0.2) is 23.3 Å². The maximum atomic E-state index is 13.6. The summed E-state index contributed by atoms with van der Waals surface area (Å²) in [5, 5.41) is 10.3. The minimum absolute atomic E-state index is 0.268. The number of nitro groups is 1. The molecule has 0 radical (unpaired) electrons. The van der Waals surface area contributed by atoms with Gasteiger partial charge in [-0.25, -0.2) is 13.8 Å². The molecule has 0 unspecified atom stereocenters. The molecular weight excluding hydrogens is 310 g/mol. The molecule has 0 aliphatic carbocycles. The van der Waals surface area contributed by atoms with Gasteiger partial charge in [-0.15, -0.1) is 0 Å². The number of sulfonamides is 1. The highest BCUT2D eigenvalue weighted by Crippen LogP contribution is 2.30. The minimum Gasteiger partial charge on any atom is -0.332 e. The SMILES string of the molecule is Cc1ncc(S(=O)(=O)Nc2c([N+](=O)[O-])ccc(F)c2F)[nH]1. The van der Waals surface area contributed by atoms with E-state index in [9.17, 15) is 27.3 Å². The third-order valence-corrected chi connectivity index (χ3v) is 3.73. The Hall–Kier alpha value is -2.56. The highest BCUT2D eigenvalue weighted by atomic mass is 32.2. The van der Waals surface area contributed by atoms with E-state index < -0.39 is 43.0 Å². The van der Waals surface area contributed by atoms with Gasteiger partial charge in [0.1, 0.15) is 5.82 Å². The fraction of sp³-hybridized carbons (Fsp3) is 0.100. The molecule has 0 spiro atoms. The van der Waals surface area contributed by atoms with Gasteiger partial charge in [0.15, 0.2) is 22.3 Å². The summed E-state index contributed by atoms with van der Waals surface area (Å²) in [4.78, 5) is 15.8. The quantitative estimate of drug-likeness (QED) is 0.657. The molecule has 0 aliphatic rings. The van der Waals surface area contributed by atoms with Gasteiger partial charge in [-0.3, -0.25) is 14.8 Å². The van der Waals surface area contributed by atoms with Crippen molar-refractivity contribution < 1.29 is 22.1 Å². The first kappa shape index (κ1) is 14.8. The average Bonchev–Trinajstić information content (AvgIpc) is 2.82. The molecule has 0 saturated heterocycles. The van der Waals surface area contributed by atoms with Crippen LogP contribution in [0, 0.1) is 28.7 Å². The van der Waals surface area contributed by atoms with Gasteiger partial charge in [-0.1, -0.05) is 0 Å². The lowest BCUT2D eigenvalue weighted by Gasteiger charge is -2.08. The number of hydrogen-bond acceptors (Lipinski definition) is 5. The van der Waals surface area contributed by atoms with Gasteiger partial charge < -0.3 is 4.98 Å². The van der Waals surface area contributed by atoms with Crippen molar-refractivity contribution in [1.82, 2.24) is 9.97 Å². The standard InChI is InChI=1S/C10H8F2N4O4S/c1-5-13-4-8(14-5)21(19,20)15-10-7(16(17)18)3-2-6(11)9(10)12/h2-4,15H,1H3,(H,13,14). The van der Waals surface area contributed by atoms with Gasteiger partial charge >= 0.3 is 0 Å². The number of hydrogen-bond donors (Lipinski definition) is 2. The van der Waals surface area contributed by atoms with Gasteiger partial charge in [0.2, 0.25) is 0 Å².